The molecule has 1 N–H and O–H groups in total. The first kappa shape index (κ1) is 13.4. The van der Waals surface area contributed by atoms with E-state index in [4.69, 9.17) is 0 Å². The van der Waals surface area contributed by atoms with Crippen LogP contribution in [0.1, 0.15) is 18.4 Å². The molecule has 2 aliphatic rings. The van der Waals surface area contributed by atoms with Gasteiger partial charge in [-0.25, -0.2) is 4.79 Å². The molecule has 2 amide bonds. The van der Waals surface area contributed by atoms with Crippen molar-refractivity contribution < 1.29 is 4.79 Å². The van der Waals surface area contributed by atoms with Crippen molar-refractivity contribution >= 4 is 6.03 Å². The highest BCUT2D eigenvalue weighted by Crippen LogP contribution is 2.19. The molecule has 0 bridgehead atoms. The number of nitrogens with zero attached hydrogens (tertiary/aromatic N) is 2. The van der Waals surface area contributed by atoms with E-state index in [-0.39, 0.29) is 6.03 Å². The number of rotatable bonds is 4. The fraction of sp³-hybridized carbons (Fsp3) is 0.562. The summed E-state index contributed by atoms with van der Waals surface area (Å²) < 4.78 is 0. The monoisotopic (exact) mass is 273 g/mol. The van der Waals surface area contributed by atoms with E-state index in [1.165, 1.54) is 5.56 Å². The normalized spacial score (nSPS) is 20.7. The number of carbonyl (C=O) groups is 1. The van der Waals surface area contributed by atoms with Gasteiger partial charge in [0, 0.05) is 25.7 Å². The zero-order valence-corrected chi connectivity index (χ0v) is 11.9. The van der Waals surface area contributed by atoms with Gasteiger partial charge >= 0.3 is 6.03 Å². The Morgan fingerprint density at radius 2 is 1.85 bits per heavy atom. The number of hydrogen-bond acceptors (Lipinski definition) is 2. The van der Waals surface area contributed by atoms with Crippen LogP contribution in [0, 0.1) is 0 Å². The number of benzene rings is 1. The largest absolute Gasteiger partial charge is 0.323 e. The first-order chi connectivity index (χ1) is 9.84. The Kier molecular flexibility index (Phi) is 4.21. The highest BCUT2D eigenvalue weighted by atomic mass is 16.2. The van der Waals surface area contributed by atoms with Crippen molar-refractivity contribution in [3.63, 3.8) is 0 Å². The van der Waals surface area contributed by atoms with E-state index in [0.29, 0.717) is 6.04 Å². The summed E-state index contributed by atoms with van der Waals surface area (Å²) in [5.41, 5.74) is 1.31. The molecular formula is C16H23N3O. The highest BCUT2D eigenvalue weighted by Gasteiger charge is 2.33. The van der Waals surface area contributed by atoms with Crippen LogP contribution in [0.25, 0.3) is 0 Å². The topological polar surface area (TPSA) is 35.6 Å². The van der Waals surface area contributed by atoms with Crippen molar-refractivity contribution in [3.05, 3.63) is 35.9 Å². The van der Waals surface area contributed by atoms with E-state index in [2.05, 4.69) is 34.5 Å². The smallest absolute Gasteiger partial charge is 0.320 e. The molecule has 0 aliphatic carbocycles. The SMILES string of the molecule is O=C1N(CCc2ccccc2)CCN1C1CCNCC1. The van der Waals surface area contributed by atoms with Gasteiger partial charge in [0.1, 0.15) is 0 Å². The fourth-order valence-electron chi connectivity index (χ4n) is 3.17. The van der Waals surface area contributed by atoms with Gasteiger partial charge < -0.3 is 15.1 Å². The Balaban J connectivity index is 1.53. The van der Waals surface area contributed by atoms with E-state index in [0.717, 1.165) is 52.0 Å². The number of hydrogen-bond donors (Lipinski definition) is 1. The van der Waals surface area contributed by atoms with Gasteiger partial charge in [0.25, 0.3) is 0 Å². The number of amides is 2. The number of piperidine rings is 1. The van der Waals surface area contributed by atoms with Gasteiger partial charge in [-0.05, 0) is 37.9 Å². The maximum Gasteiger partial charge on any atom is 0.320 e. The van der Waals surface area contributed by atoms with Crippen LogP contribution < -0.4 is 5.32 Å². The minimum atomic E-state index is 0.243. The summed E-state index contributed by atoms with van der Waals surface area (Å²) in [6.45, 7) is 4.70. The first-order valence-electron chi connectivity index (χ1n) is 7.65. The molecule has 108 valence electrons. The third-order valence-corrected chi connectivity index (χ3v) is 4.39. The van der Waals surface area contributed by atoms with Crippen molar-refractivity contribution in [1.82, 2.24) is 15.1 Å². The zero-order chi connectivity index (χ0) is 13.8. The van der Waals surface area contributed by atoms with Gasteiger partial charge in [-0.15, -0.1) is 0 Å². The van der Waals surface area contributed by atoms with Crippen molar-refractivity contribution in [2.75, 3.05) is 32.7 Å². The van der Waals surface area contributed by atoms with Crippen LogP contribution in [0.3, 0.4) is 0 Å². The van der Waals surface area contributed by atoms with Crippen molar-refractivity contribution in [3.8, 4) is 0 Å². The Morgan fingerprint density at radius 3 is 2.60 bits per heavy atom. The van der Waals surface area contributed by atoms with Crippen LogP contribution in [-0.4, -0.2) is 54.6 Å². The number of carbonyl (C=O) groups excluding carboxylic acids is 1. The lowest BCUT2D eigenvalue weighted by molar-refractivity contribution is 0.166. The maximum absolute atomic E-state index is 12.5. The third-order valence-electron chi connectivity index (χ3n) is 4.39. The molecule has 2 heterocycles. The highest BCUT2D eigenvalue weighted by molar-refractivity contribution is 5.76. The Bertz CT molecular complexity index is 442. The quantitative estimate of drug-likeness (QED) is 0.906. The molecule has 2 fully saturated rings. The molecule has 1 aromatic carbocycles. The van der Waals surface area contributed by atoms with Crippen LogP contribution in [0.2, 0.25) is 0 Å². The molecule has 0 aromatic heterocycles. The Hall–Kier alpha value is -1.55. The molecule has 0 atom stereocenters. The van der Waals surface area contributed by atoms with Gasteiger partial charge in [-0.2, -0.15) is 0 Å². The average molecular weight is 273 g/mol. The molecule has 0 unspecified atom stereocenters. The molecule has 3 rings (SSSR count). The van der Waals surface area contributed by atoms with Crippen LogP contribution in [0.4, 0.5) is 4.79 Å². The van der Waals surface area contributed by atoms with Crippen LogP contribution in [0.15, 0.2) is 30.3 Å². The summed E-state index contributed by atoms with van der Waals surface area (Å²) in [7, 11) is 0. The second-order valence-electron chi connectivity index (χ2n) is 5.68. The Morgan fingerprint density at radius 1 is 1.10 bits per heavy atom. The summed E-state index contributed by atoms with van der Waals surface area (Å²) in [4.78, 5) is 16.6. The zero-order valence-electron chi connectivity index (χ0n) is 11.9. The molecule has 0 spiro atoms. The van der Waals surface area contributed by atoms with Gasteiger partial charge in [-0.3, -0.25) is 0 Å². The van der Waals surface area contributed by atoms with E-state index < -0.39 is 0 Å². The second-order valence-corrected chi connectivity index (χ2v) is 5.68. The van der Waals surface area contributed by atoms with Crippen LogP contribution in [0.5, 0.6) is 0 Å². The van der Waals surface area contributed by atoms with Gasteiger partial charge in [0.2, 0.25) is 0 Å². The molecule has 0 radical (unpaired) electrons. The standard InChI is InChI=1S/C16H23N3O/c20-16-18(11-8-14-4-2-1-3-5-14)12-13-19(16)15-6-9-17-10-7-15/h1-5,15,17H,6-13H2. The molecule has 0 saturated carbocycles. The van der Waals surface area contributed by atoms with E-state index in [1.54, 1.807) is 0 Å². The van der Waals surface area contributed by atoms with Gasteiger partial charge in [0.15, 0.2) is 0 Å². The number of urea groups is 1. The lowest BCUT2D eigenvalue weighted by Gasteiger charge is -2.31. The summed E-state index contributed by atoms with van der Waals surface area (Å²) in [5.74, 6) is 0. The van der Waals surface area contributed by atoms with Crippen molar-refractivity contribution in [2.24, 2.45) is 0 Å². The predicted molar refractivity (Wildman–Crippen MR) is 79.7 cm³/mol. The third kappa shape index (κ3) is 2.96. The van der Waals surface area contributed by atoms with E-state index in [9.17, 15) is 4.79 Å². The van der Waals surface area contributed by atoms with E-state index in [1.807, 2.05) is 11.0 Å². The molecular weight excluding hydrogens is 250 g/mol. The average Bonchev–Trinajstić information content (AvgIpc) is 2.88. The minimum Gasteiger partial charge on any atom is -0.323 e. The molecule has 4 heteroatoms. The summed E-state index contributed by atoms with van der Waals surface area (Å²) >= 11 is 0. The lowest BCUT2D eigenvalue weighted by atomic mass is 10.1. The van der Waals surface area contributed by atoms with Crippen LogP contribution >= 0.6 is 0 Å². The summed E-state index contributed by atoms with van der Waals surface area (Å²) in [5, 5.41) is 3.36. The van der Waals surface area contributed by atoms with Gasteiger partial charge in [0.05, 0.1) is 0 Å². The lowest BCUT2D eigenvalue weighted by Crippen LogP contribution is -2.45. The second kappa shape index (κ2) is 6.27. The van der Waals surface area contributed by atoms with E-state index >= 15 is 0 Å². The summed E-state index contributed by atoms with van der Waals surface area (Å²) in [6, 6.07) is 11.1. The maximum atomic E-state index is 12.5. The van der Waals surface area contributed by atoms with Gasteiger partial charge in [-0.1, -0.05) is 30.3 Å². The van der Waals surface area contributed by atoms with Crippen LogP contribution in [-0.2, 0) is 6.42 Å². The predicted octanol–water partition coefficient (Wildman–Crippen LogP) is 1.72. The first-order valence-corrected chi connectivity index (χ1v) is 7.65. The fourth-order valence-corrected chi connectivity index (χ4v) is 3.17. The summed E-state index contributed by atoms with van der Waals surface area (Å²) in [6.07, 6.45) is 3.14. The molecule has 20 heavy (non-hydrogen) atoms. The molecule has 2 aliphatic heterocycles. The van der Waals surface area contributed by atoms with Crippen molar-refractivity contribution in [1.29, 1.82) is 0 Å². The number of nitrogens with one attached hydrogen (secondary N) is 1. The molecule has 4 nitrogen and oxygen atoms in total. The Labute approximate surface area is 120 Å². The minimum absolute atomic E-state index is 0.243. The molecule has 1 aromatic rings. The molecule has 2 saturated heterocycles. The van der Waals surface area contributed by atoms with Crippen molar-refractivity contribution in [2.45, 2.75) is 25.3 Å².